The first-order valence-corrected chi connectivity index (χ1v) is 11.4. The van der Waals surface area contributed by atoms with Crippen molar-refractivity contribution < 1.29 is 4.79 Å². The zero-order chi connectivity index (χ0) is 20.4. The van der Waals surface area contributed by atoms with Gasteiger partial charge in [-0.2, -0.15) is 0 Å². The Labute approximate surface area is 177 Å². The van der Waals surface area contributed by atoms with E-state index in [9.17, 15) is 9.59 Å². The van der Waals surface area contributed by atoms with Gasteiger partial charge in [-0.15, -0.1) is 17.8 Å². The molecule has 0 saturated carbocycles. The molecule has 0 bridgehead atoms. The number of nitrogens with one attached hydrogen (secondary N) is 1. The molecular weight excluding hydrogens is 402 g/mol. The van der Waals surface area contributed by atoms with Crippen molar-refractivity contribution in [1.29, 1.82) is 0 Å². The summed E-state index contributed by atoms with van der Waals surface area (Å²) in [5, 5.41) is 3.93. The molecule has 5 nitrogen and oxygen atoms in total. The average Bonchev–Trinajstić information content (AvgIpc) is 3.10. The number of amides is 1. The molecule has 4 rings (SSSR count). The largest absolute Gasteiger partial charge is 0.344 e. The van der Waals surface area contributed by atoms with E-state index in [0.717, 1.165) is 47.2 Å². The van der Waals surface area contributed by atoms with E-state index in [-0.39, 0.29) is 23.8 Å². The smallest absolute Gasteiger partial charge is 0.267 e. The number of hydrogen-bond donors (Lipinski definition) is 1. The number of rotatable bonds is 5. The van der Waals surface area contributed by atoms with Crippen molar-refractivity contribution in [2.45, 2.75) is 37.8 Å². The Kier molecular flexibility index (Phi) is 5.74. The first kappa shape index (κ1) is 19.7. The summed E-state index contributed by atoms with van der Waals surface area (Å²) in [4.78, 5) is 32.6. The van der Waals surface area contributed by atoms with Crippen molar-refractivity contribution in [3.8, 4) is 18.0 Å². The lowest BCUT2D eigenvalue weighted by molar-refractivity contribution is -0.118. The third kappa shape index (κ3) is 3.83. The van der Waals surface area contributed by atoms with Crippen LogP contribution in [0.5, 0.6) is 0 Å². The Morgan fingerprint density at radius 3 is 2.93 bits per heavy atom. The van der Waals surface area contributed by atoms with Crippen molar-refractivity contribution in [3.63, 3.8) is 0 Å². The molecule has 0 spiro atoms. The molecule has 0 atom stereocenters. The summed E-state index contributed by atoms with van der Waals surface area (Å²) in [5.41, 5.74) is 2.90. The first-order chi connectivity index (χ1) is 14.1. The van der Waals surface area contributed by atoms with E-state index in [1.54, 1.807) is 15.9 Å². The number of aryl methyl sites for hydroxylation is 3. The first-order valence-electron chi connectivity index (χ1n) is 9.56. The van der Waals surface area contributed by atoms with Gasteiger partial charge in [-0.05, 0) is 49.8 Å². The fraction of sp³-hybridized carbons (Fsp3) is 0.318. The maximum Gasteiger partial charge on any atom is 0.267 e. The number of aromatic nitrogens is 2. The molecule has 148 valence electrons. The quantitative estimate of drug-likeness (QED) is 0.388. The molecule has 0 unspecified atom stereocenters. The van der Waals surface area contributed by atoms with Crippen LogP contribution in [0, 0.1) is 19.3 Å². The Morgan fingerprint density at radius 1 is 1.34 bits per heavy atom. The summed E-state index contributed by atoms with van der Waals surface area (Å²) >= 11 is 2.88. The normalized spacial score (nSPS) is 13.1. The molecule has 0 fully saturated rings. The SMILES string of the molecule is C#CCNC(=O)CSc1nc2sc3c(c2c(=O)n1-c1ccccc1C)CCCC3. The molecule has 0 radical (unpaired) electrons. The van der Waals surface area contributed by atoms with Crippen LogP contribution in [0.15, 0.2) is 34.2 Å². The monoisotopic (exact) mass is 423 g/mol. The van der Waals surface area contributed by atoms with E-state index >= 15 is 0 Å². The molecule has 29 heavy (non-hydrogen) atoms. The third-order valence-electron chi connectivity index (χ3n) is 5.03. The summed E-state index contributed by atoms with van der Waals surface area (Å²) in [6.07, 6.45) is 9.41. The second kappa shape index (κ2) is 8.44. The molecule has 1 amide bonds. The molecule has 0 aliphatic heterocycles. The second-order valence-corrected chi connectivity index (χ2v) is 9.01. The highest BCUT2D eigenvalue weighted by Gasteiger charge is 2.23. The Bertz CT molecular complexity index is 1190. The zero-order valence-corrected chi connectivity index (χ0v) is 17.8. The zero-order valence-electron chi connectivity index (χ0n) is 16.2. The van der Waals surface area contributed by atoms with E-state index in [1.807, 2.05) is 31.2 Å². The summed E-state index contributed by atoms with van der Waals surface area (Å²) in [6.45, 7) is 2.16. The minimum Gasteiger partial charge on any atom is -0.344 e. The summed E-state index contributed by atoms with van der Waals surface area (Å²) in [7, 11) is 0. The molecule has 1 aromatic carbocycles. The Morgan fingerprint density at radius 2 is 2.14 bits per heavy atom. The van der Waals surface area contributed by atoms with Crippen LogP contribution >= 0.6 is 23.1 Å². The molecular formula is C22H21N3O2S2. The number of carbonyl (C=O) groups is 1. The lowest BCUT2D eigenvalue weighted by Gasteiger charge is -2.15. The van der Waals surface area contributed by atoms with Crippen molar-refractivity contribution in [2.75, 3.05) is 12.3 Å². The number of fused-ring (bicyclic) bond motifs is 3. The number of thiophene rings is 1. The Balaban J connectivity index is 1.86. The lowest BCUT2D eigenvalue weighted by Crippen LogP contribution is -2.27. The highest BCUT2D eigenvalue weighted by Crippen LogP contribution is 2.35. The molecule has 1 aliphatic rings. The maximum atomic E-state index is 13.6. The molecule has 7 heteroatoms. The standard InChI is InChI=1S/C22H21N3O2S2/c1-3-12-23-18(26)13-28-22-24-20-19(15-9-5-7-11-17(15)29-20)21(27)25(22)16-10-6-4-8-14(16)2/h1,4,6,8,10H,5,7,9,11-13H2,2H3,(H,23,26). The van der Waals surface area contributed by atoms with Gasteiger partial charge in [0, 0.05) is 4.88 Å². The van der Waals surface area contributed by atoms with Gasteiger partial charge >= 0.3 is 0 Å². The van der Waals surface area contributed by atoms with Crippen molar-refractivity contribution >= 4 is 39.2 Å². The van der Waals surface area contributed by atoms with E-state index in [1.165, 1.54) is 22.2 Å². The molecule has 1 N–H and O–H groups in total. The van der Waals surface area contributed by atoms with Crippen LogP contribution in [0.25, 0.3) is 15.9 Å². The number of nitrogens with zero attached hydrogens (tertiary/aromatic N) is 2. The van der Waals surface area contributed by atoms with Crippen LogP contribution in [0.2, 0.25) is 0 Å². The van der Waals surface area contributed by atoms with E-state index in [2.05, 4.69) is 11.2 Å². The van der Waals surface area contributed by atoms with E-state index in [0.29, 0.717) is 5.16 Å². The van der Waals surface area contributed by atoms with Crippen LogP contribution in [0.4, 0.5) is 0 Å². The molecule has 0 saturated heterocycles. The van der Waals surface area contributed by atoms with Gasteiger partial charge in [0.2, 0.25) is 5.91 Å². The molecule has 2 heterocycles. The number of terminal acetylenes is 1. The van der Waals surface area contributed by atoms with Crippen LogP contribution in [-0.4, -0.2) is 27.8 Å². The van der Waals surface area contributed by atoms with Crippen LogP contribution < -0.4 is 10.9 Å². The number of para-hydroxylation sites is 1. The summed E-state index contributed by atoms with van der Waals surface area (Å²) < 4.78 is 1.67. The van der Waals surface area contributed by atoms with Gasteiger partial charge in [0.25, 0.3) is 5.56 Å². The Hall–Kier alpha value is -2.56. The fourth-order valence-corrected chi connectivity index (χ4v) is 5.78. The predicted octanol–water partition coefficient (Wildman–Crippen LogP) is 3.48. The summed E-state index contributed by atoms with van der Waals surface area (Å²) in [5.74, 6) is 2.36. The minimum atomic E-state index is -0.177. The van der Waals surface area contributed by atoms with E-state index < -0.39 is 0 Å². The van der Waals surface area contributed by atoms with Crippen LogP contribution in [0.1, 0.15) is 28.8 Å². The van der Waals surface area contributed by atoms with Crippen LogP contribution in [-0.2, 0) is 17.6 Å². The number of thioether (sulfide) groups is 1. The maximum absolute atomic E-state index is 13.6. The highest BCUT2D eigenvalue weighted by molar-refractivity contribution is 7.99. The van der Waals surface area contributed by atoms with Crippen molar-refractivity contribution in [1.82, 2.24) is 14.9 Å². The van der Waals surface area contributed by atoms with Gasteiger partial charge in [-0.25, -0.2) is 4.98 Å². The van der Waals surface area contributed by atoms with Gasteiger partial charge < -0.3 is 5.32 Å². The molecule has 1 aliphatic carbocycles. The van der Waals surface area contributed by atoms with E-state index in [4.69, 9.17) is 11.4 Å². The lowest BCUT2D eigenvalue weighted by atomic mass is 9.97. The number of benzene rings is 1. The third-order valence-corrected chi connectivity index (χ3v) is 7.16. The summed E-state index contributed by atoms with van der Waals surface area (Å²) in [6, 6.07) is 7.76. The van der Waals surface area contributed by atoms with Gasteiger partial charge in [0.05, 0.1) is 23.4 Å². The number of hydrogen-bond acceptors (Lipinski definition) is 5. The molecule has 2 aromatic heterocycles. The average molecular weight is 424 g/mol. The minimum absolute atomic E-state index is 0.0461. The predicted molar refractivity (Wildman–Crippen MR) is 119 cm³/mol. The van der Waals surface area contributed by atoms with Gasteiger partial charge in [-0.3, -0.25) is 14.2 Å². The fourth-order valence-electron chi connectivity index (χ4n) is 3.64. The number of carbonyl (C=O) groups excluding carboxylic acids is 1. The topological polar surface area (TPSA) is 64.0 Å². The molecule has 3 aromatic rings. The van der Waals surface area contributed by atoms with Gasteiger partial charge in [-0.1, -0.05) is 35.9 Å². The second-order valence-electron chi connectivity index (χ2n) is 6.98. The van der Waals surface area contributed by atoms with Crippen molar-refractivity contribution in [2.24, 2.45) is 0 Å². The highest BCUT2D eigenvalue weighted by atomic mass is 32.2. The van der Waals surface area contributed by atoms with Gasteiger partial charge in [0.1, 0.15) is 4.83 Å². The van der Waals surface area contributed by atoms with Crippen molar-refractivity contribution in [3.05, 3.63) is 50.6 Å². The van der Waals surface area contributed by atoms with Gasteiger partial charge in [0.15, 0.2) is 5.16 Å². The van der Waals surface area contributed by atoms with Crippen LogP contribution in [0.3, 0.4) is 0 Å².